The quantitative estimate of drug-likeness (QED) is 0.539. The lowest BCUT2D eigenvalue weighted by Gasteiger charge is -2.13. The summed E-state index contributed by atoms with van der Waals surface area (Å²) in [6.45, 7) is 3.21. The van der Waals surface area contributed by atoms with Crippen molar-refractivity contribution in [1.29, 1.82) is 0 Å². The molecule has 1 aliphatic rings. The fraction of sp³-hybridized carbons (Fsp3) is 0.375. The summed E-state index contributed by atoms with van der Waals surface area (Å²) < 4.78 is 5.53. The second-order valence-electron chi connectivity index (χ2n) is 5.90. The Balaban J connectivity index is 1.86. The summed E-state index contributed by atoms with van der Waals surface area (Å²) in [5.41, 5.74) is 7.15. The molecule has 9 nitrogen and oxygen atoms in total. The van der Waals surface area contributed by atoms with Crippen LogP contribution in [0.2, 0.25) is 0 Å². The van der Waals surface area contributed by atoms with Crippen LogP contribution in [0.1, 0.15) is 18.4 Å². The Hall–Kier alpha value is -2.94. The Morgan fingerprint density at radius 1 is 1.44 bits per heavy atom. The molecule has 9 heteroatoms. The summed E-state index contributed by atoms with van der Waals surface area (Å²) in [6, 6.07) is 7.45. The Bertz CT molecular complexity index is 776. The molecule has 3 rings (SSSR count). The van der Waals surface area contributed by atoms with Crippen LogP contribution in [-0.2, 0) is 4.74 Å². The molecule has 2 aromatic rings. The van der Waals surface area contributed by atoms with Gasteiger partial charge >= 0.3 is 5.69 Å². The van der Waals surface area contributed by atoms with Crippen LogP contribution >= 0.6 is 0 Å². The number of rotatable bonds is 6. The van der Waals surface area contributed by atoms with Crippen LogP contribution in [0.15, 0.2) is 24.3 Å². The van der Waals surface area contributed by atoms with E-state index in [0.717, 1.165) is 25.0 Å². The van der Waals surface area contributed by atoms with E-state index >= 15 is 0 Å². The summed E-state index contributed by atoms with van der Waals surface area (Å²) >= 11 is 0. The lowest BCUT2D eigenvalue weighted by molar-refractivity contribution is -0.383. The van der Waals surface area contributed by atoms with Crippen LogP contribution in [0.5, 0.6) is 0 Å². The Kier molecular flexibility index (Phi) is 4.94. The van der Waals surface area contributed by atoms with Gasteiger partial charge in [-0.1, -0.05) is 12.1 Å². The van der Waals surface area contributed by atoms with Gasteiger partial charge < -0.3 is 21.1 Å². The van der Waals surface area contributed by atoms with Crippen LogP contribution in [0.4, 0.5) is 29.0 Å². The van der Waals surface area contributed by atoms with Gasteiger partial charge in [0.15, 0.2) is 0 Å². The third-order valence-electron chi connectivity index (χ3n) is 3.89. The van der Waals surface area contributed by atoms with E-state index in [0.29, 0.717) is 12.2 Å². The molecule has 0 radical (unpaired) electrons. The Labute approximate surface area is 144 Å². The van der Waals surface area contributed by atoms with E-state index in [1.54, 1.807) is 6.07 Å². The van der Waals surface area contributed by atoms with Gasteiger partial charge in [0.1, 0.15) is 0 Å². The van der Waals surface area contributed by atoms with Crippen LogP contribution in [-0.4, -0.2) is 34.1 Å². The van der Waals surface area contributed by atoms with Gasteiger partial charge in [0.05, 0.1) is 11.0 Å². The van der Waals surface area contributed by atoms with E-state index in [2.05, 4.69) is 20.6 Å². The SMILES string of the molecule is Cc1cccc(Nc2nc(NC[C@H]3CCCO3)nc(N)c2[N+](=O)[O-])c1. The highest BCUT2D eigenvalue weighted by Gasteiger charge is 2.24. The first kappa shape index (κ1) is 16.9. The zero-order valence-corrected chi connectivity index (χ0v) is 13.9. The van der Waals surface area contributed by atoms with Crippen molar-refractivity contribution in [2.45, 2.75) is 25.9 Å². The van der Waals surface area contributed by atoms with Crippen LogP contribution in [0.25, 0.3) is 0 Å². The molecule has 2 heterocycles. The van der Waals surface area contributed by atoms with Crippen molar-refractivity contribution in [3.8, 4) is 0 Å². The summed E-state index contributed by atoms with van der Waals surface area (Å²) in [4.78, 5) is 19.0. The predicted octanol–water partition coefficient (Wildman–Crippen LogP) is 2.61. The molecule has 132 valence electrons. The molecule has 0 saturated carbocycles. The minimum Gasteiger partial charge on any atom is -0.378 e. The highest BCUT2D eigenvalue weighted by molar-refractivity contribution is 5.74. The van der Waals surface area contributed by atoms with Crippen molar-refractivity contribution in [3.05, 3.63) is 39.9 Å². The molecule has 0 amide bonds. The van der Waals surface area contributed by atoms with Gasteiger partial charge in [0.25, 0.3) is 0 Å². The average molecular weight is 344 g/mol. The van der Waals surface area contributed by atoms with E-state index in [-0.39, 0.29) is 29.4 Å². The Morgan fingerprint density at radius 3 is 2.96 bits per heavy atom. The third kappa shape index (κ3) is 4.13. The number of aryl methyl sites for hydroxylation is 1. The molecule has 0 bridgehead atoms. The standard InChI is InChI=1S/C16H20N6O3/c1-10-4-2-5-11(8-10)19-15-13(22(23)24)14(17)20-16(21-15)18-9-12-6-3-7-25-12/h2,4-5,8,12H,3,6-7,9H2,1H3,(H4,17,18,19,20,21)/t12-/m1/s1. The van der Waals surface area contributed by atoms with Crippen LogP contribution < -0.4 is 16.4 Å². The van der Waals surface area contributed by atoms with E-state index in [1.807, 2.05) is 25.1 Å². The van der Waals surface area contributed by atoms with Gasteiger partial charge in [-0.25, -0.2) is 0 Å². The number of aromatic nitrogens is 2. The Morgan fingerprint density at radius 2 is 2.28 bits per heavy atom. The zero-order valence-electron chi connectivity index (χ0n) is 13.9. The molecule has 1 fully saturated rings. The molecule has 1 saturated heterocycles. The maximum absolute atomic E-state index is 11.3. The highest BCUT2D eigenvalue weighted by Crippen LogP contribution is 2.31. The minimum atomic E-state index is -0.586. The molecular weight excluding hydrogens is 324 g/mol. The molecule has 0 aliphatic carbocycles. The maximum Gasteiger partial charge on any atom is 0.353 e. The number of nitrogen functional groups attached to an aromatic ring is 1. The predicted molar refractivity (Wildman–Crippen MR) is 95.0 cm³/mol. The minimum absolute atomic E-state index is 0.0536. The number of hydrogen-bond acceptors (Lipinski definition) is 8. The molecule has 1 aromatic carbocycles. The number of benzene rings is 1. The van der Waals surface area contributed by atoms with Crippen LogP contribution in [0.3, 0.4) is 0 Å². The summed E-state index contributed by atoms with van der Waals surface area (Å²) in [6.07, 6.45) is 2.08. The lowest BCUT2D eigenvalue weighted by atomic mass is 10.2. The second kappa shape index (κ2) is 7.31. The normalized spacial score (nSPS) is 16.6. The van der Waals surface area contributed by atoms with Gasteiger partial charge in [-0.05, 0) is 37.5 Å². The number of nitrogens with one attached hydrogen (secondary N) is 2. The van der Waals surface area contributed by atoms with Crippen molar-refractivity contribution in [1.82, 2.24) is 9.97 Å². The first-order chi connectivity index (χ1) is 12.0. The van der Waals surface area contributed by atoms with Crippen molar-refractivity contribution < 1.29 is 9.66 Å². The monoisotopic (exact) mass is 344 g/mol. The van der Waals surface area contributed by atoms with E-state index in [4.69, 9.17) is 10.5 Å². The number of nitro groups is 1. The van der Waals surface area contributed by atoms with Crippen molar-refractivity contribution in [2.24, 2.45) is 0 Å². The molecule has 1 atom stereocenters. The van der Waals surface area contributed by atoms with Gasteiger partial charge in [-0.2, -0.15) is 9.97 Å². The number of hydrogen-bond donors (Lipinski definition) is 3. The van der Waals surface area contributed by atoms with Gasteiger partial charge in [0.2, 0.25) is 17.6 Å². The number of anilines is 4. The lowest BCUT2D eigenvalue weighted by Crippen LogP contribution is -2.20. The summed E-state index contributed by atoms with van der Waals surface area (Å²) in [5, 5.41) is 17.3. The fourth-order valence-corrected chi connectivity index (χ4v) is 2.69. The molecular formula is C16H20N6O3. The molecule has 1 aliphatic heterocycles. The highest BCUT2D eigenvalue weighted by atomic mass is 16.6. The molecule has 1 aromatic heterocycles. The van der Waals surface area contributed by atoms with Crippen LogP contribution in [0, 0.1) is 17.0 Å². The molecule has 0 unspecified atom stereocenters. The number of ether oxygens (including phenoxy) is 1. The van der Waals surface area contributed by atoms with Crippen molar-refractivity contribution in [2.75, 3.05) is 29.5 Å². The first-order valence-corrected chi connectivity index (χ1v) is 8.04. The topological polar surface area (TPSA) is 128 Å². The molecule has 4 N–H and O–H groups in total. The molecule has 25 heavy (non-hydrogen) atoms. The van der Waals surface area contributed by atoms with Gasteiger partial charge in [-0.3, -0.25) is 10.1 Å². The van der Waals surface area contributed by atoms with Crippen molar-refractivity contribution in [3.63, 3.8) is 0 Å². The van der Waals surface area contributed by atoms with Gasteiger partial charge in [0, 0.05) is 18.8 Å². The van der Waals surface area contributed by atoms with Crippen molar-refractivity contribution >= 4 is 29.0 Å². The van der Waals surface area contributed by atoms with Gasteiger partial charge in [-0.15, -0.1) is 0 Å². The zero-order chi connectivity index (χ0) is 17.8. The maximum atomic E-state index is 11.3. The summed E-state index contributed by atoms with van der Waals surface area (Å²) in [7, 11) is 0. The van der Waals surface area contributed by atoms with E-state index < -0.39 is 4.92 Å². The summed E-state index contributed by atoms with van der Waals surface area (Å²) in [5.74, 6) is 0.0942. The van der Waals surface area contributed by atoms with E-state index in [9.17, 15) is 10.1 Å². The third-order valence-corrected chi connectivity index (χ3v) is 3.89. The smallest absolute Gasteiger partial charge is 0.353 e. The van der Waals surface area contributed by atoms with E-state index in [1.165, 1.54) is 0 Å². The second-order valence-corrected chi connectivity index (χ2v) is 5.90. The average Bonchev–Trinajstić information content (AvgIpc) is 3.05. The first-order valence-electron chi connectivity index (χ1n) is 8.04. The largest absolute Gasteiger partial charge is 0.378 e. The number of nitrogens with zero attached hydrogens (tertiary/aromatic N) is 3. The fourth-order valence-electron chi connectivity index (χ4n) is 2.69. The number of nitrogens with two attached hydrogens (primary N) is 1. The molecule has 0 spiro atoms.